The number of halogens is 1. The molecule has 0 amide bonds. The summed E-state index contributed by atoms with van der Waals surface area (Å²) in [5.41, 5.74) is 7.00. The lowest BCUT2D eigenvalue weighted by Gasteiger charge is -2.06. The van der Waals surface area contributed by atoms with Crippen molar-refractivity contribution in [3.63, 3.8) is 0 Å². The predicted molar refractivity (Wildman–Crippen MR) is 74.3 cm³/mol. The summed E-state index contributed by atoms with van der Waals surface area (Å²) in [4.78, 5) is 2.19. The monoisotopic (exact) mass is 261 g/mol. The van der Waals surface area contributed by atoms with Crippen LogP contribution in [0.4, 0.5) is 4.39 Å². The molecular weight excluding hydrogens is 245 g/mol. The fourth-order valence-corrected chi connectivity index (χ4v) is 2.52. The summed E-state index contributed by atoms with van der Waals surface area (Å²) in [6, 6.07) is 15.0. The Bertz CT molecular complexity index is 491. The van der Waals surface area contributed by atoms with Crippen molar-refractivity contribution < 1.29 is 4.39 Å². The summed E-state index contributed by atoms with van der Waals surface area (Å²) < 4.78 is 12.8. The fourth-order valence-electron chi connectivity index (χ4n) is 1.70. The highest BCUT2D eigenvalue weighted by Gasteiger charge is 2.00. The molecule has 18 heavy (non-hydrogen) atoms. The highest BCUT2D eigenvalue weighted by Crippen LogP contribution is 2.27. The first-order valence-corrected chi connectivity index (χ1v) is 6.73. The van der Waals surface area contributed by atoms with Crippen molar-refractivity contribution in [1.82, 2.24) is 0 Å². The number of nitrogens with two attached hydrogens (primary N) is 1. The first-order chi connectivity index (χ1) is 8.63. The molecule has 0 aliphatic carbocycles. The van der Waals surface area contributed by atoms with Gasteiger partial charge in [0, 0.05) is 15.8 Å². The SMILES string of the molecule is CC(N)Cc1ccc(Sc2ccc(F)cc2)cc1. The molecule has 0 aromatic heterocycles. The van der Waals surface area contributed by atoms with Crippen molar-refractivity contribution in [2.45, 2.75) is 29.2 Å². The van der Waals surface area contributed by atoms with Crippen LogP contribution in [0, 0.1) is 5.82 Å². The molecule has 2 N–H and O–H groups in total. The van der Waals surface area contributed by atoms with Crippen LogP contribution in [0.2, 0.25) is 0 Å². The molecule has 1 unspecified atom stereocenters. The minimum Gasteiger partial charge on any atom is -0.328 e. The standard InChI is InChI=1S/C15H16FNS/c1-11(17)10-12-2-6-14(7-3-12)18-15-8-4-13(16)5-9-15/h2-9,11H,10,17H2,1H3. The molecule has 0 radical (unpaired) electrons. The van der Waals surface area contributed by atoms with Crippen LogP contribution in [0.1, 0.15) is 12.5 Å². The van der Waals surface area contributed by atoms with Crippen LogP contribution < -0.4 is 5.73 Å². The van der Waals surface area contributed by atoms with Gasteiger partial charge in [-0.2, -0.15) is 0 Å². The van der Waals surface area contributed by atoms with E-state index in [1.165, 1.54) is 17.7 Å². The minimum absolute atomic E-state index is 0.181. The molecule has 1 nitrogen and oxygen atoms in total. The molecule has 0 saturated carbocycles. The Kier molecular flexibility index (Phi) is 4.39. The molecule has 3 heteroatoms. The summed E-state index contributed by atoms with van der Waals surface area (Å²) in [7, 11) is 0. The average Bonchev–Trinajstić information content (AvgIpc) is 2.34. The van der Waals surface area contributed by atoms with Gasteiger partial charge in [-0.15, -0.1) is 0 Å². The van der Waals surface area contributed by atoms with Crippen LogP contribution in [0.15, 0.2) is 58.3 Å². The number of rotatable bonds is 4. The van der Waals surface area contributed by atoms with Crippen molar-refractivity contribution in [1.29, 1.82) is 0 Å². The van der Waals surface area contributed by atoms with E-state index < -0.39 is 0 Å². The fraction of sp³-hybridized carbons (Fsp3) is 0.200. The Morgan fingerprint density at radius 2 is 1.50 bits per heavy atom. The largest absolute Gasteiger partial charge is 0.328 e. The molecule has 94 valence electrons. The van der Waals surface area contributed by atoms with E-state index in [0.29, 0.717) is 0 Å². The predicted octanol–water partition coefficient (Wildman–Crippen LogP) is 3.87. The van der Waals surface area contributed by atoms with Gasteiger partial charge in [-0.1, -0.05) is 23.9 Å². The van der Waals surface area contributed by atoms with Gasteiger partial charge in [0.05, 0.1) is 0 Å². The molecule has 0 spiro atoms. The lowest BCUT2D eigenvalue weighted by atomic mass is 10.1. The number of hydrogen-bond acceptors (Lipinski definition) is 2. The Labute approximate surface area is 111 Å². The third-order valence-electron chi connectivity index (χ3n) is 2.53. The zero-order valence-corrected chi connectivity index (χ0v) is 11.1. The summed E-state index contributed by atoms with van der Waals surface area (Å²) >= 11 is 1.63. The highest BCUT2D eigenvalue weighted by atomic mass is 32.2. The quantitative estimate of drug-likeness (QED) is 0.904. The molecule has 2 aromatic rings. The van der Waals surface area contributed by atoms with Gasteiger partial charge in [0.25, 0.3) is 0 Å². The van der Waals surface area contributed by atoms with Gasteiger partial charge in [0.15, 0.2) is 0 Å². The molecule has 0 fully saturated rings. The molecular formula is C15H16FNS. The summed E-state index contributed by atoms with van der Waals surface area (Å²) in [5.74, 6) is -0.202. The van der Waals surface area contributed by atoms with Crippen LogP contribution in [0.25, 0.3) is 0 Å². The first kappa shape index (κ1) is 13.1. The van der Waals surface area contributed by atoms with Crippen LogP contribution in [-0.4, -0.2) is 6.04 Å². The molecule has 1 atom stereocenters. The van der Waals surface area contributed by atoms with E-state index in [1.807, 2.05) is 6.92 Å². The van der Waals surface area contributed by atoms with Gasteiger partial charge < -0.3 is 5.73 Å². The van der Waals surface area contributed by atoms with Crippen LogP contribution >= 0.6 is 11.8 Å². The maximum absolute atomic E-state index is 12.8. The summed E-state index contributed by atoms with van der Waals surface area (Å²) in [6.07, 6.45) is 0.890. The first-order valence-electron chi connectivity index (χ1n) is 5.91. The van der Waals surface area contributed by atoms with E-state index in [4.69, 9.17) is 5.73 Å². The van der Waals surface area contributed by atoms with Crippen LogP contribution in [0.5, 0.6) is 0 Å². The van der Waals surface area contributed by atoms with Crippen molar-refractivity contribution in [3.05, 3.63) is 59.9 Å². The summed E-state index contributed by atoms with van der Waals surface area (Å²) in [5, 5.41) is 0. The lowest BCUT2D eigenvalue weighted by molar-refractivity contribution is 0.626. The van der Waals surface area contributed by atoms with Crippen LogP contribution in [0.3, 0.4) is 0 Å². The van der Waals surface area contributed by atoms with Crippen molar-refractivity contribution in [2.24, 2.45) is 5.73 Å². The van der Waals surface area contributed by atoms with E-state index in [0.717, 1.165) is 16.2 Å². The zero-order chi connectivity index (χ0) is 13.0. The van der Waals surface area contributed by atoms with Gasteiger partial charge in [0.2, 0.25) is 0 Å². The van der Waals surface area contributed by atoms with E-state index >= 15 is 0 Å². The lowest BCUT2D eigenvalue weighted by Crippen LogP contribution is -2.17. The smallest absolute Gasteiger partial charge is 0.123 e. The van der Waals surface area contributed by atoms with Crippen molar-refractivity contribution >= 4 is 11.8 Å². The van der Waals surface area contributed by atoms with Gasteiger partial charge in [-0.3, -0.25) is 0 Å². The second kappa shape index (κ2) is 6.03. The maximum Gasteiger partial charge on any atom is 0.123 e. The third-order valence-corrected chi connectivity index (χ3v) is 3.55. The molecule has 2 rings (SSSR count). The number of hydrogen-bond donors (Lipinski definition) is 1. The summed E-state index contributed by atoms with van der Waals surface area (Å²) in [6.45, 7) is 2.00. The minimum atomic E-state index is -0.202. The Morgan fingerprint density at radius 1 is 1.00 bits per heavy atom. The van der Waals surface area contributed by atoms with Crippen molar-refractivity contribution in [2.75, 3.05) is 0 Å². The molecule has 2 aromatic carbocycles. The second-order valence-electron chi connectivity index (χ2n) is 4.38. The van der Waals surface area contributed by atoms with E-state index in [2.05, 4.69) is 24.3 Å². The molecule has 0 bridgehead atoms. The van der Waals surface area contributed by atoms with Gasteiger partial charge in [0.1, 0.15) is 5.82 Å². The second-order valence-corrected chi connectivity index (χ2v) is 5.53. The average molecular weight is 261 g/mol. The molecule has 0 aliphatic heterocycles. The van der Waals surface area contributed by atoms with E-state index in [-0.39, 0.29) is 11.9 Å². The van der Waals surface area contributed by atoms with Gasteiger partial charge >= 0.3 is 0 Å². The molecule has 0 heterocycles. The van der Waals surface area contributed by atoms with Gasteiger partial charge in [-0.05, 0) is 55.3 Å². The third kappa shape index (κ3) is 3.86. The topological polar surface area (TPSA) is 26.0 Å². The van der Waals surface area contributed by atoms with Crippen LogP contribution in [-0.2, 0) is 6.42 Å². The maximum atomic E-state index is 12.8. The van der Waals surface area contributed by atoms with E-state index in [9.17, 15) is 4.39 Å². The highest BCUT2D eigenvalue weighted by molar-refractivity contribution is 7.99. The normalized spacial score (nSPS) is 12.4. The zero-order valence-electron chi connectivity index (χ0n) is 10.3. The van der Waals surface area contributed by atoms with E-state index in [1.54, 1.807) is 23.9 Å². The Balaban J connectivity index is 2.04. The van der Waals surface area contributed by atoms with Gasteiger partial charge in [-0.25, -0.2) is 4.39 Å². The Hall–Kier alpha value is -1.32. The molecule has 0 saturated heterocycles. The van der Waals surface area contributed by atoms with Crippen molar-refractivity contribution in [3.8, 4) is 0 Å². The Morgan fingerprint density at radius 3 is 2.00 bits per heavy atom. The number of benzene rings is 2. The molecule has 0 aliphatic rings.